The number of nitrogens with zero attached hydrogens (tertiary/aromatic N) is 1. The topological polar surface area (TPSA) is 38.1 Å². The molecule has 0 saturated heterocycles. The molecule has 0 radical (unpaired) electrons. The van der Waals surface area contributed by atoms with Gasteiger partial charge in [0, 0.05) is 17.0 Å². The molecular formula is C16H15FN2OS. The molecule has 0 fully saturated rings. The summed E-state index contributed by atoms with van der Waals surface area (Å²) < 4.78 is 19.7. The monoisotopic (exact) mass is 302 g/mol. The number of oxazole rings is 1. The Kier molecular flexibility index (Phi) is 4.22. The maximum atomic E-state index is 14.0. The molecule has 0 unspecified atom stereocenters. The molecule has 0 saturated carbocycles. The summed E-state index contributed by atoms with van der Waals surface area (Å²) in [4.78, 5) is 5.23. The molecule has 1 N–H and O–H groups in total. The van der Waals surface area contributed by atoms with Gasteiger partial charge in [0.25, 0.3) is 5.22 Å². The van der Waals surface area contributed by atoms with Crippen molar-refractivity contribution in [2.75, 3.05) is 6.54 Å². The standard InChI is InChI=1S/C16H15FN2OS/c1-2-18-10-11-12(17)6-5-9-15(11)21-16-19-13-7-3-4-8-14(13)20-16/h3-9,18H,2,10H2,1H3. The van der Waals surface area contributed by atoms with Crippen LogP contribution in [0.4, 0.5) is 4.39 Å². The number of nitrogens with one attached hydrogen (secondary N) is 1. The number of hydrogen-bond acceptors (Lipinski definition) is 4. The van der Waals surface area contributed by atoms with E-state index in [2.05, 4.69) is 10.3 Å². The van der Waals surface area contributed by atoms with E-state index in [0.29, 0.717) is 17.3 Å². The van der Waals surface area contributed by atoms with Gasteiger partial charge in [0.2, 0.25) is 0 Å². The van der Waals surface area contributed by atoms with E-state index in [1.54, 1.807) is 6.07 Å². The third-order valence-corrected chi connectivity index (χ3v) is 4.05. The van der Waals surface area contributed by atoms with Crippen LogP contribution in [0.5, 0.6) is 0 Å². The quantitative estimate of drug-likeness (QED) is 0.765. The van der Waals surface area contributed by atoms with Crippen LogP contribution in [0.1, 0.15) is 12.5 Å². The molecule has 0 atom stereocenters. The molecule has 0 bridgehead atoms. The maximum absolute atomic E-state index is 14.0. The summed E-state index contributed by atoms with van der Waals surface area (Å²) in [6.07, 6.45) is 0. The van der Waals surface area contributed by atoms with Gasteiger partial charge in [-0.25, -0.2) is 9.37 Å². The van der Waals surface area contributed by atoms with Crippen molar-refractivity contribution in [2.45, 2.75) is 23.6 Å². The highest BCUT2D eigenvalue weighted by atomic mass is 32.2. The van der Waals surface area contributed by atoms with Crippen LogP contribution in [0.15, 0.2) is 57.0 Å². The first kappa shape index (κ1) is 14.1. The fraction of sp³-hybridized carbons (Fsp3) is 0.188. The van der Waals surface area contributed by atoms with E-state index in [0.717, 1.165) is 22.5 Å². The second-order valence-electron chi connectivity index (χ2n) is 4.55. The molecule has 1 aromatic heterocycles. The van der Waals surface area contributed by atoms with Gasteiger partial charge >= 0.3 is 0 Å². The van der Waals surface area contributed by atoms with E-state index in [-0.39, 0.29) is 5.82 Å². The lowest BCUT2D eigenvalue weighted by atomic mass is 10.2. The summed E-state index contributed by atoms with van der Waals surface area (Å²) >= 11 is 1.35. The van der Waals surface area contributed by atoms with Crippen LogP contribution in [-0.2, 0) is 6.54 Å². The van der Waals surface area contributed by atoms with Crippen LogP contribution in [-0.4, -0.2) is 11.5 Å². The number of aromatic nitrogens is 1. The Morgan fingerprint density at radius 2 is 2.05 bits per heavy atom. The summed E-state index contributed by atoms with van der Waals surface area (Å²) in [6, 6.07) is 12.7. The van der Waals surface area contributed by atoms with Gasteiger partial charge in [-0.1, -0.05) is 25.1 Å². The maximum Gasteiger partial charge on any atom is 0.261 e. The van der Waals surface area contributed by atoms with E-state index >= 15 is 0 Å². The zero-order valence-electron chi connectivity index (χ0n) is 11.6. The number of fused-ring (bicyclic) bond motifs is 1. The van der Waals surface area contributed by atoms with E-state index < -0.39 is 0 Å². The predicted molar refractivity (Wildman–Crippen MR) is 81.9 cm³/mol. The minimum absolute atomic E-state index is 0.211. The lowest BCUT2D eigenvalue weighted by molar-refractivity contribution is 0.489. The van der Waals surface area contributed by atoms with Crippen molar-refractivity contribution in [3.05, 3.63) is 53.8 Å². The fourth-order valence-corrected chi connectivity index (χ4v) is 2.95. The predicted octanol–water partition coefficient (Wildman–Crippen LogP) is 4.23. The largest absolute Gasteiger partial charge is 0.431 e. The molecule has 0 amide bonds. The third-order valence-electron chi connectivity index (χ3n) is 3.10. The van der Waals surface area contributed by atoms with Crippen LogP contribution in [0, 0.1) is 5.82 Å². The van der Waals surface area contributed by atoms with Gasteiger partial charge in [0.15, 0.2) is 5.58 Å². The first-order valence-corrected chi connectivity index (χ1v) is 7.61. The average molecular weight is 302 g/mol. The molecule has 1 heterocycles. The first-order valence-electron chi connectivity index (χ1n) is 6.79. The Hall–Kier alpha value is -1.85. The van der Waals surface area contributed by atoms with Gasteiger partial charge in [0.1, 0.15) is 11.3 Å². The second-order valence-corrected chi connectivity index (χ2v) is 5.54. The molecule has 2 aromatic carbocycles. The molecule has 3 nitrogen and oxygen atoms in total. The SMILES string of the molecule is CCNCc1c(F)cccc1Sc1nc2ccccc2o1. The van der Waals surface area contributed by atoms with E-state index in [1.165, 1.54) is 17.8 Å². The van der Waals surface area contributed by atoms with Crippen LogP contribution in [0.25, 0.3) is 11.1 Å². The van der Waals surface area contributed by atoms with Crippen molar-refractivity contribution >= 4 is 22.9 Å². The van der Waals surface area contributed by atoms with Crippen LogP contribution < -0.4 is 5.32 Å². The fourth-order valence-electron chi connectivity index (χ4n) is 2.04. The second kappa shape index (κ2) is 6.28. The van der Waals surface area contributed by atoms with Gasteiger partial charge < -0.3 is 9.73 Å². The molecule has 3 aromatic rings. The zero-order chi connectivity index (χ0) is 14.7. The minimum Gasteiger partial charge on any atom is -0.431 e. The molecule has 0 aliphatic rings. The van der Waals surface area contributed by atoms with Crippen molar-refractivity contribution < 1.29 is 8.81 Å². The van der Waals surface area contributed by atoms with Crippen LogP contribution >= 0.6 is 11.8 Å². The zero-order valence-corrected chi connectivity index (χ0v) is 12.4. The molecule has 5 heteroatoms. The summed E-state index contributed by atoms with van der Waals surface area (Å²) in [5.74, 6) is -0.211. The van der Waals surface area contributed by atoms with Crippen molar-refractivity contribution in [1.82, 2.24) is 10.3 Å². The third kappa shape index (κ3) is 3.09. The van der Waals surface area contributed by atoms with Crippen LogP contribution in [0.2, 0.25) is 0 Å². The normalized spacial score (nSPS) is 11.1. The van der Waals surface area contributed by atoms with E-state index in [9.17, 15) is 4.39 Å². The Morgan fingerprint density at radius 3 is 2.86 bits per heavy atom. The molecule has 0 aliphatic heterocycles. The van der Waals surface area contributed by atoms with Gasteiger partial charge in [-0.3, -0.25) is 0 Å². The Labute approximate surface area is 126 Å². The summed E-state index contributed by atoms with van der Waals surface area (Å²) in [6.45, 7) is 3.28. The molecule has 21 heavy (non-hydrogen) atoms. The Balaban J connectivity index is 1.91. The highest BCUT2D eigenvalue weighted by molar-refractivity contribution is 7.99. The van der Waals surface area contributed by atoms with Crippen molar-refractivity contribution in [3.8, 4) is 0 Å². The molecule has 108 valence electrons. The van der Waals surface area contributed by atoms with Gasteiger partial charge in [-0.2, -0.15) is 0 Å². The van der Waals surface area contributed by atoms with Crippen LogP contribution in [0.3, 0.4) is 0 Å². The number of para-hydroxylation sites is 2. The van der Waals surface area contributed by atoms with Crippen molar-refractivity contribution in [3.63, 3.8) is 0 Å². The molecule has 3 rings (SSSR count). The summed E-state index contributed by atoms with van der Waals surface area (Å²) in [7, 11) is 0. The number of halogens is 1. The van der Waals surface area contributed by atoms with Crippen molar-refractivity contribution in [1.29, 1.82) is 0 Å². The smallest absolute Gasteiger partial charge is 0.261 e. The number of hydrogen-bond donors (Lipinski definition) is 1. The van der Waals surface area contributed by atoms with Crippen molar-refractivity contribution in [2.24, 2.45) is 0 Å². The van der Waals surface area contributed by atoms with E-state index in [1.807, 2.05) is 37.3 Å². The Morgan fingerprint density at radius 1 is 1.19 bits per heavy atom. The number of rotatable bonds is 5. The lowest BCUT2D eigenvalue weighted by Crippen LogP contribution is -2.13. The molecular weight excluding hydrogens is 287 g/mol. The number of benzene rings is 2. The highest BCUT2D eigenvalue weighted by Gasteiger charge is 2.13. The Bertz CT molecular complexity index is 724. The molecule has 0 aliphatic carbocycles. The first-order chi connectivity index (χ1) is 10.3. The molecule has 0 spiro atoms. The van der Waals surface area contributed by atoms with E-state index in [4.69, 9.17) is 4.42 Å². The summed E-state index contributed by atoms with van der Waals surface area (Å²) in [5, 5.41) is 3.68. The van der Waals surface area contributed by atoms with Gasteiger partial charge in [-0.15, -0.1) is 0 Å². The minimum atomic E-state index is -0.211. The van der Waals surface area contributed by atoms with Gasteiger partial charge in [0.05, 0.1) is 0 Å². The lowest BCUT2D eigenvalue weighted by Gasteiger charge is -2.08. The highest BCUT2D eigenvalue weighted by Crippen LogP contribution is 2.33. The summed E-state index contributed by atoms with van der Waals surface area (Å²) in [5.41, 5.74) is 2.20. The van der Waals surface area contributed by atoms with Gasteiger partial charge in [-0.05, 0) is 42.6 Å². The average Bonchev–Trinajstić information content (AvgIpc) is 2.89.